The van der Waals surface area contributed by atoms with E-state index >= 15 is 0 Å². The Labute approximate surface area is 717 Å². The minimum absolute atomic E-state index is 0.183. The highest BCUT2D eigenvalue weighted by molar-refractivity contribution is 8.84. The van der Waals surface area contributed by atoms with Crippen LogP contribution in [-0.4, -0.2) is 11.3 Å². The summed E-state index contributed by atoms with van der Waals surface area (Å²) in [7, 11) is 126. The number of pyridine rings is 1. The van der Waals surface area contributed by atoms with Crippen LogP contribution in [-0.2, 0) is 649 Å². The van der Waals surface area contributed by atoms with Crippen molar-refractivity contribution in [3.05, 3.63) is 29.1 Å². The first-order chi connectivity index (χ1) is 44.0. The molecule has 510 valence electrons. The Morgan fingerprint density at radius 1 is 0.310 bits per heavy atom. The van der Waals surface area contributed by atoms with Crippen LogP contribution in [0.15, 0.2) is 12.1 Å². The van der Waals surface area contributed by atoms with Crippen LogP contribution in [0.2, 0.25) is 0 Å². The van der Waals surface area contributed by atoms with Crippen molar-refractivity contribution in [1.82, 2.24) is 4.98 Å². The third-order valence-electron chi connectivity index (χ3n) is 3.92. The van der Waals surface area contributed by atoms with Crippen LogP contribution in [0.4, 0.5) is 0 Å². The molecular formula is C13H15NOS72. The number of nitrogens with zero attached hydrogens (tertiary/aromatic N) is 1. The monoisotopic (exact) mass is 2510 g/mol. The highest BCUT2D eigenvalue weighted by atomic mass is 33.5. The molecule has 1 heterocycles. The number of aromatic nitrogens is 1. The van der Waals surface area contributed by atoms with Gasteiger partial charge in [-0.25, -0.2) is 4.98 Å². The maximum atomic E-state index is 10.9. The van der Waals surface area contributed by atoms with Crippen LogP contribution in [0.5, 0.6) is 0 Å². The van der Waals surface area contributed by atoms with E-state index < -0.39 is 6.85 Å². The van der Waals surface area contributed by atoms with Crippen molar-refractivity contribution >= 4 is 650 Å². The van der Waals surface area contributed by atoms with E-state index in [1.165, 1.54) is 17.8 Å². The zero-order valence-electron chi connectivity index (χ0n) is 41.5. The van der Waals surface area contributed by atoms with Crippen LogP contribution in [0.25, 0.3) is 0 Å². The lowest BCUT2D eigenvalue weighted by Gasteiger charge is -2.17. The SMILES string of the molecule is S=S=S=S=S=S=S=S=S=S=S=S=S=S=S=S=S=S=S=S=S=S=S=S=S=S=S=S=S=S=S=S=S=S=S=S=S=S=S=S=S=S=S=S=S=S=S=S=S=S=S=S=S=S=S=S=S=S=S=S=S=S=S=S=S=S=S=S=S=S=S=S.[2H]C([2H])([2H])C#Cc1nc(C(C)(C)C)ccc1C=O. The van der Waals surface area contributed by atoms with Crippen molar-refractivity contribution in [3.63, 3.8) is 0 Å². The summed E-state index contributed by atoms with van der Waals surface area (Å²) in [6, 6.07) is 3.37. The van der Waals surface area contributed by atoms with Crippen molar-refractivity contribution < 1.29 is 8.91 Å². The topological polar surface area (TPSA) is 30.0 Å². The summed E-state index contributed by atoms with van der Waals surface area (Å²) in [6.45, 7) is 3.60. The van der Waals surface area contributed by atoms with E-state index in [9.17, 15) is 4.79 Å². The standard InChI is InChI=1S/C13H15NO.S72/c1-5-6-11-10(9-15)7-8-12(14-11)13(2,3)4;1-3-5-7-9-11-13-15-17-19-21-23-25-27-29-31-33-35-37-39-41-43-45-47-49-51-53-55-57-59-61-63-65-67-69-71-72-70-68-66-64-62-60-58-56-54-52-50-48-46-44-42-40-38-36-34-32-30-28-26-24-22-20-18-16-14-12-10-8-6-4-2/h7-9H,1-4H3;/i1D3;. The lowest BCUT2D eigenvalue weighted by molar-refractivity contribution is 0.112. The summed E-state index contributed by atoms with van der Waals surface area (Å²) in [5.41, 5.74) is 1.11. The smallest absolute Gasteiger partial charge is 0.152 e. The van der Waals surface area contributed by atoms with E-state index in [1.807, 2.05) is 518 Å². The number of carbonyl (C=O) groups excluding carboxylic acids is 1. The molecule has 0 aliphatic heterocycles. The number of hydrogen-bond acceptors (Lipinski definition) is 4. The second-order valence-electron chi connectivity index (χ2n) is 9.02. The molecule has 0 atom stereocenters. The fourth-order valence-electron chi connectivity index (χ4n) is 1.91. The maximum Gasteiger partial charge on any atom is 0.152 e. The van der Waals surface area contributed by atoms with Gasteiger partial charge in [-0.15, -0.1) is 0 Å². The minimum Gasteiger partial charge on any atom is -0.298 e. The molecule has 74 heteroatoms. The Morgan fingerprint density at radius 3 is 0.598 bits per heavy atom. The molecule has 0 bridgehead atoms. The Hall–Kier alpha value is 14.2. The van der Waals surface area contributed by atoms with Crippen LogP contribution in [0.1, 0.15) is 53.5 Å². The van der Waals surface area contributed by atoms with Crippen molar-refractivity contribution in [3.8, 4) is 11.8 Å². The van der Waals surface area contributed by atoms with Crippen LogP contribution in [0, 0.1) is 11.8 Å². The van der Waals surface area contributed by atoms with Gasteiger partial charge >= 0.3 is 0 Å². The molecule has 1 rings (SSSR count). The van der Waals surface area contributed by atoms with Crippen LogP contribution >= 0.6 is 0 Å². The summed E-state index contributed by atoms with van der Waals surface area (Å²) in [4.78, 5) is 15.1. The molecule has 0 N–H and O–H groups in total. The molecule has 1 aromatic heterocycles. The first-order valence-corrected chi connectivity index (χ1v) is 111. The number of carbonyl (C=O) groups is 1. The largest absolute Gasteiger partial charge is 0.298 e. The van der Waals surface area contributed by atoms with Gasteiger partial charge in [-0.3, -0.25) is 4.79 Å². The third-order valence-corrected chi connectivity index (χ3v) is 157. The summed E-state index contributed by atoms with van der Waals surface area (Å²) in [5.74, 6) is 4.58. The van der Waals surface area contributed by atoms with Gasteiger partial charge in [0.05, 0.1) is 0 Å². The van der Waals surface area contributed by atoms with Crippen LogP contribution < -0.4 is 0 Å². The predicted molar refractivity (Wildman–Crippen MR) is 591 cm³/mol. The molecule has 0 spiro atoms. The highest BCUT2D eigenvalue weighted by Gasteiger charge is 2.16. The van der Waals surface area contributed by atoms with E-state index in [2.05, 4.69) is 16.8 Å². The molecule has 0 aliphatic rings. The third kappa shape index (κ3) is 84.1. The molecular weight excluding hydrogens is 2490 g/mol. The van der Waals surface area contributed by atoms with Gasteiger partial charge in [-0.05, 0) is 24.9 Å². The quantitative estimate of drug-likeness (QED) is 0.320. The maximum absolute atomic E-state index is 10.9. The minimum atomic E-state index is -2.35. The van der Waals surface area contributed by atoms with Gasteiger partial charge in [0, 0.05) is 665 Å². The Balaban J connectivity index is 0.00000373. The number of rotatable bonds is 1. The van der Waals surface area contributed by atoms with Crippen molar-refractivity contribution in [2.24, 2.45) is 0 Å². The highest BCUT2D eigenvalue weighted by Crippen LogP contribution is 2.20. The molecule has 2 nitrogen and oxygen atoms in total. The zero-order valence-corrected chi connectivity index (χ0v) is 97.3. The molecule has 0 unspecified atom stereocenters. The molecule has 1 aromatic rings. The summed E-state index contributed by atoms with van der Waals surface area (Å²) in [6.07, 6.45) is 0.628. The van der Waals surface area contributed by atoms with Gasteiger partial charge in [0.1, 0.15) is 5.69 Å². The van der Waals surface area contributed by atoms with Crippen molar-refractivity contribution in [2.45, 2.75) is 33.0 Å². The Morgan fingerprint density at radius 2 is 0.471 bits per heavy atom. The molecule has 87 heavy (non-hydrogen) atoms. The van der Waals surface area contributed by atoms with Gasteiger partial charge < -0.3 is 0 Å². The predicted octanol–water partition coefficient (Wildman–Crippen LogP) is 2.39. The van der Waals surface area contributed by atoms with Gasteiger partial charge in [0.15, 0.2) is 6.29 Å². The lowest BCUT2D eigenvalue weighted by atomic mass is 9.91. The van der Waals surface area contributed by atoms with Crippen molar-refractivity contribution in [1.29, 1.82) is 0 Å². The summed E-state index contributed by atoms with van der Waals surface area (Å²) < 4.78 is 21.1. The molecule has 0 saturated carbocycles. The van der Waals surface area contributed by atoms with Crippen molar-refractivity contribution in [2.75, 3.05) is 0 Å². The Bertz CT molecular complexity index is 6030. The van der Waals surface area contributed by atoms with E-state index in [-0.39, 0.29) is 11.1 Å². The zero-order chi connectivity index (χ0) is 65.5. The average Bonchev–Trinajstić information content (AvgIpc) is 1.67. The van der Waals surface area contributed by atoms with Gasteiger partial charge in [-0.2, -0.15) is 0 Å². The number of hydrogen-bond donors (Lipinski definition) is 0. The first-order valence-electron chi connectivity index (χ1n) is 18.0. The molecule has 0 amide bonds. The molecule has 0 fully saturated rings. The summed E-state index contributed by atoms with van der Waals surface area (Å²) >= 11 is 9.65. The lowest BCUT2D eigenvalue weighted by Crippen LogP contribution is -2.14. The van der Waals surface area contributed by atoms with E-state index in [1.54, 1.807) is 119 Å². The fourth-order valence-corrected chi connectivity index (χ4v) is 189. The van der Waals surface area contributed by atoms with Crippen LogP contribution in [0.3, 0.4) is 0 Å². The second-order valence-corrected chi connectivity index (χ2v) is 133. The van der Waals surface area contributed by atoms with Gasteiger partial charge in [-0.1, -0.05) is 26.7 Å². The normalized spacial score (nSPS) is 8.93. The first kappa shape index (κ1) is 95.4. The molecule has 0 saturated heterocycles. The molecule has 0 aromatic carbocycles. The van der Waals surface area contributed by atoms with Gasteiger partial charge in [0.2, 0.25) is 0 Å². The fraction of sp³-hybridized carbons (Fsp3) is 0.385. The van der Waals surface area contributed by atoms with Gasteiger partial charge in [0.25, 0.3) is 0 Å². The number of aldehydes is 1. The molecule has 0 aliphatic carbocycles. The second kappa shape index (κ2) is 89.1. The molecule has 0 radical (unpaired) electrons. The van der Waals surface area contributed by atoms with E-state index in [4.69, 9.17) is 26.5 Å². The van der Waals surface area contributed by atoms with E-state index in [0.29, 0.717) is 11.8 Å². The Kier molecular flexibility index (Phi) is 97.7. The average molecular weight is 2510 g/mol. The summed E-state index contributed by atoms with van der Waals surface area (Å²) in [5, 5.41) is 0. The van der Waals surface area contributed by atoms with E-state index in [0.717, 1.165) is 5.69 Å².